The van der Waals surface area contributed by atoms with Crippen LogP contribution in [0.15, 0.2) is 36.7 Å². The highest BCUT2D eigenvalue weighted by Gasteiger charge is 2.27. The minimum Gasteiger partial charge on any atom is -0.493 e. The molecule has 1 aromatic heterocycles. The molecule has 0 aliphatic carbocycles. The quantitative estimate of drug-likeness (QED) is 0.424. The molecule has 1 aliphatic heterocycles. The molecule has 3 rings (SSSR count). The van der Waals surface area contributed by atoms with Gasteiger partial charge in [-0.1, -0.05) is 13.0 Å². The van der Waals surface area contributed by atoms with Crippen LogP contribution in [-0.4, -0.2) is 53.2 Å². The van der Waals surface area contributed by atoms with E-state index in [9.17, 15) is 19.1 Å². The Labute approximate surface area is 217 Å². The lowest BCUT2D eigenvalue weighted by Crippen LogP contribution is -2.54. The van der Waals surface area contributed by atoms with Gasteiger partial charge < -0.3 is 25.8 Å². The minimum absolute atomic E-state index is 0.00658. The highest BCUT2D eigenvalue weighted by Crippen LogP contribution is 2.19. The van der Waals surface area contributed by atoms with Gasteiger partial charge in [0.25, 0.3) is 0 Å². The van der Waals surface area contributed by atoms with Crippen LogP contribution < -0.4 is 20.7 Å². The van der Waals surface area contributed by atoms with E-state index in [0.717, 1.165) is 17.5 Å². The average Bonchev–Trinajstić information content (AvgIpc) is 2.87. The number of terminal acetylenes is 1. The van der Waals surface area contributed by atoms with Gasteiger partial charge in [0.1, 0.15) is 17.6 Å². The summed E-state index contributed by atoms with van der Waals surface area (Å²) in [4.78, 5) is 29.7. The molecule has 8 nitrogen and oxygen atoms in total. The molecule has 4 N–H and O–H groups in total. The summed E-state index contributed by atoms with van der Waals surface area (Å²) in [5, 5.41) is 19.8. The maximum Gasteiger partial charge on any atom is 0.243 e. The first-order chi connectivity index (χ1) is 17.9. The molecule has 0 fully saturated rings. The van der Waals surface area contributed by atoms with Gasteiger partial charge in [-0.25, -0.2) is 4.39 Å². The largest absolute Gasteiger partial charge is 0.493 e. The lowest BCUT2D eigenvalue weighted by Gasteiger charge is -2.27. The van der Waals surface area contributed by atoms with Crippen molar-refractivity contribution in [1.82, 2.24) is 20.9 Å². The van der Waals surface area contributed by atoms with E-state index < -0.39 is 29.9 Å². The summed E-state index contributed by atoms with van der Waals surface area (Å²) in [7, 11) is 0. The molecule has 198 valence electrons. The Morgan fingerprint density at radius 3 is 2.81 bits per heavy atom. The number of aliphatic hydroxyl groups is 1. The smallest absolute Gasteiger partial charge is 0.243 e. The normalized spacial score (nSPS) is 19.8. The Morgan fingerprint density at radius 2 is 2.03 bits per heavy atom. The van der Waals surface area contributed by atoms with Crippen LogP contribution in [-0.2, 0) is 29.0 Å². The number of carbonyl (C=O) groups is 2. The molecule has 0 spiro atoms. The molecule has 9 heteroatoms. The van der Waals surface area contributed by atoms with Crippen LogP contribution in [0.3, 0.4) is 0 Å². The number of carbonyl (C=O) groups excluding carboxylic acids is 2. The lowest BCUT2D eigenvalue weighted by molar-refractivity contribution is -0.129. The third-order valence-electron chi connectivity index (χ3n) is 6.16. The van der Waals surface area contributed by atoms with Gasteiger partial charge in [-0.05, 0) is 54.5 Å². The fraction of sp³-hybridized carbons (Fsp3) is 0.464. The first-order valence-electron chi connectivity index (χ1n) is 12.6. The van der Waals surface area contributed by atoms with Gasteiger partial charge in [-0.3, -0.25) is 14.6 Å². The van der Waals surface area contributed by atoms with E-state index >= 15 is 0 Å². The van der Waals surface area contributed by atoms with E-state index in [-0.39, 0.29) is 31.7 Å². The highest BCUT2D eigenvalue weighted by atomic mass is 19.1. The molecular formula is C28H35FN4O4. The number of fused-ring (bicyclic) bond motifs is 2. The second-order valence-electron chi connectivity index (χ2n) is 9.20. The SMILES string of the molecule is C#CCC1NC(=O)CCCCOc2cc(F)cc(c2)CC(C(O)CNCc2cncc(CC)c2)NC1=O. The second-order valence-corrected chi connectivity index (χ2v) is 9.20. The molecule has 2 aromatic rings. The van der Waals surface area contributed by atoms with E-state index in [1.165, 1.54) is 12.1 Å². The van der Waals surface area contributed by atoms with E-state index in [0.29, 0.717) is 37.3 Å². The Balaban J connectivity index is 1.78. The van der Waals surface area contributed by atoms with Gasteiger partial charge in [-0.2, -0.15) is 0 Å². The predicted molar refractivity (Wildman–Crippen MR) is 138 cm³/mol. The van der Waals surface area contributed by atoms with Crippen molar-refractivity contribution in [3.8, 4) is 18.1 Å². The van der Waals surface area contributed by atoms with Crippen LogP contribution in [0.2, 0.25) is 0 Å². The second kappa shape index (κ2) is 14.3. The number of nitrogens with one attached hydrogen (secondary N) is 3. The zero-order valence-electron chi connectivity index (χ0n) is 21.1. The molecule has 2 amide bonds. The Morgan fingerprint density at radius 1 is 1.22 bits per heavy atom. The van der Waals surface area contributed by atoms with Crippen molar-refractivity contribution < 1.29 is 23.8 Å². The number of ether oxygens (including phenoxy) is 1. The number of hydrogen-bond donors (Lipinski definition) is 4. The molecule has 3 unspecified atom stereocenters. The first-order valence-corrected chi connectivity index (χ1v) is 12.6. The fourth-order valence-electron chi connectivity index (χ4n) is 4.15. The van der Waals surface area contributed by atoms with Crippen molar-refractivity contribution in [3.63, 3.8) is 0 Å². The molecule has 2 bridgehead atoms. The molecule has 2 heterocycles. The van der Waals surface area contributed by atoms with Crippen LogP contribution in [0.4, 0.5) is 4.39 Å². The van der Waals surface area contributed by atoms with Crippen molar-refractivity contribution in [2.45, 2.75) is 70.2 Å². The molecule has 1 aliphatic rings. The van der Waals surface area contributed by atoms with Gasteiger partial charge in [0.15, 0.2) is 0 Å². The van der Waals surface area contributed by atoms with Crippen molar-refractivity contribution in [3.05, 3.63) is 59.2 Å². The van der Waals surface area contributed by atoms with Crippen LogP contribution in [0.5, 0.6) is 5.75 Å². The molecule has 1 aromatic carbocycles. The highest BCUT2D eigenvalue weighted by molar-refractivity contribution is 5.88. The lowest BCUT2D eigenvalue weighted by atomic mass is 9.99. The molecule has 0 radical (unpaired) electrons. The van der Waals surface area contributed by atoms with E-state index in [2.05, 4.69) is 33.8 Å². The predicted octanol–water partition coefficient (Wildman–Crippen LogP) is 2.03. The minimum atomic E-state index is -1.02. The fourth-order valence-corrected chi connectivity index (χ4v) is 4.15. The number of aryl methyl sites for hydroxylation is 1. The van der Waals surface area contributed by atoms with Crippen LogP contribution in [0.1, 0.15) is 49.3 Å². The topological polar surface area (TPSA) is 113 Å². The molecule has 3 atom stereocenters. The average molecular weight is 511 g/mol. The summed E-state index contributed by atoms with van der Waals surface area (Å²) < 4.78 is 20.0. The van der Waals surface area contributed by atoms with Gasteiger partial charge in [-0.15, -0.1) is 12.3 Å². The van der Waals surface area contributed by atoms with E-state index in [1.54, 1.807) is 12.3 Å². The molecular weight excluding hydrogens is 475 g/mol. The van der Waals surface area contributed by atoms with Crippen LogP contribution in [0, 0.1) is 18.2 Å². The Bertz CT molecular complexity index is 1100. The summed E-state index contributed by atoms with van der Waals surface area (Å²) >= 11 is 0. The maximum atomic E-state index is 14.3. The number of halogens is 1. The number of pyridine rings is 1. The summed E-state index contributed by atoms with van der Waals surface area (Å²) in [6.07, 6.45) is 10.4. The molecule has 0 saturated carbocycles. The first kappa shape index (κ1) is 28.1. The third-order valence-corrected chi connectivity index (χ3v) is 6.16. The number of aliphatic hydroxyl groups excluding tert-OH is 1. The van der Waals surface area contributed by atoms with Gasteiger partial charge in [0.2, 0.25) is 11.8 Å². The Kier molecular flexibility index (Phi) is 10.9. The number of benzene rings is 1. The van der Waals surface area contributed by atoms with Crippen molar-refractivity contribution >= 4 is 11.8 Å². The number of aromatic nitrogens is 1. The zero-order valence-corrected chi connectivity index (χ0v) is 21.1. The summed E-state index contributed by atoms with van der Waals surface area (Å²) in [6, 6.07) is 4.67. The number of hydrogen-bond acceptors (Lipinski definition) is 6. The third kappa shape index (κ3) is 9.16. The standard InChI is InChI=1S/C28H35FN4O4/c1-3-7-24-28(36)33-25(26(34)18-31-17-21-10-19(4-2)15-30-16-21)13-20-11-22(29)14-23(12-20)37-9-6-5-8-27(35)32-24/h1,10-12,14-16,24-26,31,34H,4-9,13,17-18H2,2H3,(H,32,35)(H,33,36). The van der Waals surface area contributed by atoms with Crippen molar-refractivity contribution in [1.29, 1.82) is 0 Å². The van der Waals surface area contributed by atoms with Crippen LogP contribution >= 0.6 is 0 Å². The van der Waals surface area contributed by atoms with Crippen molar-refractivity contribution in [2.75, 3.05) is 13.2 Å². The number of amides is 2. The molecule has 0 saturated heterocycles. The maximum absolute atomic E-state index is 14.3. The van der Waals surface area contributed by atoms with E-state index in [4.69, 9.17) is 11.2 Å². The van der Waals surface area contributed by atoms with Crippen LogP contribution in [0.25, 0.3) is 0 Å². The van der Waals surface area contributed by atoms with Gasteiger partial charge >= 0.3 is 0 Å². The summed E-state index contributed by atoms with van der Waals surface area (Å²) in [6.45, 7) is 3.01. The number of rotatable bonds is 7. The summed E-state index contributed by atoms with van der Waals surface area (Å²) in [5.74, 6) is 1.52. The molecule has 37 heavy (non-hydrogen) atoms. The summed E-state index contributed by atoms with van der Waals surface area (Å²) in [5.41, 5.74) is 2.65. The van der Waals surface area contributed by atoms with Gasteiger partial charge in [0.05, 0.1) is 18.8 Å². The van der Waals surface area contributed by atoms with Crippen molar-refractivity contribution in [2.24, 2.45) is 0 Å². The number of nitrogens with zero attached hydrogens (tertiary/aromatic N) is 1. The van der Waals surface area contributed by atoms with Gasteiger partial charge in [0, 0.05) is 44.4 Å². The Hall–Kier alpha value is -3.48. The monoisotopic (exact) mass is 510 g/mol. The van der Waals surface area contributed by atoms with E-state index in [1.807, 2.05) is 12.3 Å². The zero-order chi connectivity index (χ0) is 26.6.